The van der Waals surface area contributed by atoms with Crippen molar-refractivity contribution in [2.45, 2.75) is 19.4 Å². The van der Waals surface area contributed by atoms with E-state index in [0.717, 1.165) is 11.1 Å². The molecule has 1 unspecified atom stereocenters. The van der Waals surface area contributed by atoms with Gasteiger partial charge in [0.1, 0.15) is 12.1 Å². The minimum Gasteiger partial charge on any atom is -0.300 e. The molecule has 2 rings (SSSR count). The molecular weight excluding hydrogens is 228 g/mol. The van der Waals surface area contributed by atoms with Gasteiger partial charge in [0.2, 0.25) is 0 Å². The van der Waals surface area contributed by atoms with Gasteiger partial charge in [-0.1, -0.05) is 24.3 Å². The highest BCUT2D eigenvalue weighted by Crippen LogP contribution is 2.30. The van der Waals surface area contributed by atoms with Crippen LogP contribution in [0.1, 0.15) is 30.5 Å². The first-order valence-electron chi connectivity index (χ1n) is 5.75. The minimum absolute atomic E-state index is 0.0939. The van der Waals surface area contributed by atoms with Crippen molar-refractivity contribution >= 4 is 18.3 Å². The highest BCUT2D eigenvalue weighted by atomic mass is 16.1. The van der Waals surface area contributed by atoms with Crippen LogP contribution in [0.25, 0.3) is 0 Å². The van der Waals surface area contributed by atoms with E-state index in [9.17, 15) is 9.59 Å². The van der Waals surface area contributed by atoms with Crippen molar-refractivity contribution in [1.29, 1.82) is 0 Å². The molecule has 0 spiro atoms. The summed E-state index contributed by atoms with van der Waals surface area (Å²) in [7, 11) is 0. The normalized spacial score (nSPS) is 17.8. The fraction of sp³-hybridized carbons (Fsp3) is 0.214. The van der Waals surface area contributed by atoms with E-state index in [2.05, 4.69) is 5.10 Å². The quantitative estimate of drug-likeness (QED) is 0.600. The number of aldehydes is 1. The lowest BCUT2D eigenvalue weighted by Gasteiger charge is -2.30. The third-order valence-electron chi connectivity index (χ3n) is 2.80. The number of nitrogens with zero attached hydrogens (tertiary/aromatic N) is 2. The summed E-state index contributed by atoms with van der Waals surface area (Å²) in [5.74, 6) is 0.0939. The molecule has 0 fully saturated rings. The first-order valence-corrected chi connectivity index (χ1v) is 5.75. The van der Waals surface area contributed by atoms with Crippen molar-refractivity contribution in [1.82, 2.24) is 5.01 Å². The van der Waals surface area contributed by atoms with Gasteiger partial charge in [-0.15, -0.1) is 0 Å². The third-order valence-corrected chi connectivity index (χ3v) is 2.80. The van der Waals surface area contributed by atoms with Crippen molar-refractivity contribution in [2.75, 3.05) is 0 Å². The minimum atomic E-state index is -0.139. The number of fused-ring (bicyclic) bond motifs is 1. The molecule has 92 valence electrons. The second kappa shape index (κ2) is 5.40. The van der Waals surface area contributed by atoms with Crippen molar-refractivity contribution < 1.29 is 9.59 Å². The Hall–Kier alpha value is -2.23. The Morgan fingerprint density at radius 1 is 1.44 bits per heavy atom. The molecule has 18 heavy (non-hydrogen) atoms. The topological polar surface area (TPSA) is 49.7 Å². The van der Waals surface area contributed by atoms with Crippen molar-refractivity contribution in [2.24, 2.45) is 5.10 Å². The number of hydrogen-bond donors (Lipinski definition) is 0. The summed E-state index contributed by atoms with van der Waals surface area (Å²) >= 11 is 0. The Kier molecular flexibility index (Phi) is 3.67. The van der Waals surface area contributed by atoms with Crippen LogP contribution >= 0.6 is 0 Å². The third kappa shape index (κ3) is 2.53. The fourth-order valence-electron chi connectivity index (χ4n) is 2.03. The maximum Gasteiger partial charge on any atom is 0.144 e. The number of ketones is 1. The number of benzene rings is 1. The van der Waals surface area contributed by atoms with Gasteiger partial charge in [-0.3, -0.25) is 14.6 Å². The summed E-state index contributed by atoms with van der Waals surface area (Å²) in [4.78, 5) is 21.8. The summed E-state index contributed by atoms with van der Waals surface area (Å²) in [6.07, 6.45) is 5.77. The van der Waals surface area contributed by atoms with Crippen LogP contribution in [0.5, 0.6) is 0 Å². The Labute approximate surface area is 106 Å². The molecule has 0 saturated heterocycles. The van der Waals surface area contributed by atoms with Gasteiger partial charge >= 0.3 is 0 Å². The van der Waals surface area contributed by atoms with Crippen LogP contribution in [0.3, 0.4) is 0 Å². The van der Waals surface area contributed by atoms with Crippen LogP contribution in [0.4, 0.5) is 0 Å². The van der Waals surface area contributed by atoms with E-state index in [-0.39, 0.29) is 11.8 Å². The van der Waals surface area contributed by atoms with E-state index >= 15 is 0 Å². The molecule has 1 aliphatic rings. The van der Waals surface area contributed by atoms with Gasteiger partial charge in [0.15, 0.2) is 0 Å². The van der Waals surface area contributed by atoms with Gasteiger partial charge in [0, 0.05) is 12.6 Å². The molecule has 0 radical (unpaired) electrons. The molecular formula is C14H14N2O2. The number of hydrazone groups is 1. The lowest BCUT2D eigenvalue weighted by atomic mass is 9.95. The average molecular weight is 242 g/mol. The Bertz CT molecular complexity index is 520. The van der Waals surface area contributed by atoms with Crippen LogP contribution in [0, 0.1) is 0 Å². The molecule has 1 aromatic carbocycles. The number of Topliss-reactive ketones (excluding diaryl/α,β-unsaturated/α-hetero) is 1. The summed E-state index contributed by atoms with van der Waals surface area (Å²) in [6.45, 7) is 1.56. The van der Waals surface area contributed by atoms with Crippen molar-refractivity contribution in [3.63, 3.8) is 0 Å². The van der Waals surface area contributed by atoms with E-state index in [4.69, 9.17) is 0 Å². The predicted molar refractivity (Wildman–Crippen MR) is 69.1 cm³/mol. The van der Waals surface area contributed by atoms with Crippen LogP contribution in [0.2, 0.25) is 0 Å². The van der Waals surface area contributed by atoms with E-state index in [0.29, 0.717) is 12.7 Å². The first-order chi connectivity index (χ1) is 8.72. The second-order valence-corrected chi connectivity index (χ2v) is 4.15. The Balaban J connectivity index is 2.37. The molecule has 1 atom stereocenters. The number of hydrogen-bond acceptors (Lipinski definition) is 4. The highest BCUT2D eigenvalue weighted by Gasteiger charge is 2.24. The van der Waals surface area contributed by atoms with Crippen LogP contribution in [0.15, 0.2) is 41.6 Å². The second-order valence-electron chi connectivity index (χ2n) is 4.15. The summed E-state index contributed by atoms with van der Waals surface area (Å²) in [5, 5.41) is 5.90. The van der Waals surface area contributed by atoms with Crippen LogP contribution < -0.4 is 0 Å². The first kappa shape index (κ1) is 12.2. The van der Waals surface area contributed by atoms with Gasteiger partial charge in [-0.2, -0.15) is 5.10 Å². The molecule has 0 N–H and O–H groups in total. The smallest absolute Gasteiger partial charge is 0.144 e. The zero-order valence-electron chi connectivity index (χ0n) is 10.1. The number of carbonyl (C=O) groups is 2. The van der Waals surface area contributed by atoms with Gasteiger partial charge < -0.3 is 0 Å². The lowest BCUT2D eigenvalue weighted by molar-refractivity contribution is -0.118. The summed E-state index contributed by atoms with van der Waals surface area (Å²) in [6, 6.07) is 7.68. The molecule has 0 aromatic heterocycles. The number of rotatable bonds is 4. The summed E-state index contributed by atoms with van der Waals surface area (Å²) < 4.78 is 0. The maximum absolute atomic E-state index is 11.4. The lowest BCUT2D eigenvalue weighted by Crippen LogP contribution is -2.25. The fourth-order valence-corrected chi connectivity index (χ4v) is 2.03. The van der Waals surface area contributed by atoms with E-state index in [1.807, 2.05) is 24.3 Å². The van der Waals surface area contributed by atoms with Crippen LogP contribution in [-0.4, -0.2) is 23.3 Å². The SMILES string of the molecule is CC(=O)CC1c2ccccc2C=NN1C=CC=O. The molecule has 0 bridgehead atoms. The molecule has 0 aliphatic carbocycles. The van der Waals surface area contributed by atoms with E-state index in [1.165, 1.54) is 6.08 Å². The van der Waals surface area contributed by atoms with E-state index in [1.54, 1.807) is 24.3 Å². The zero-order valence-corrected chi connectivity index (χ0v) is 10.1. The molecule has 4 heteroatoms. The predicted octanol–water partition coefficient (Wildman–Crippen LogP) is 2.07. The summed E-state index contributed by atoms with van der Waals surface area (Å²) in [5.41, 5.74) is 2.07. The van der Waals surface area contributed by atoms with Gasteiger partial charge in [0.25, 0.3) is 0 Å². The van der Waals surface area contributed by atoms with Crippen molar-refractivity contribution in [3.05, 3.63) is 47.7 Å². The number of carbonyl (C=O) groups excluding carboxylic acids is 2. The largest absolute Gasteiger partial charge is 0.300 e. The molecule has 0 amide bonds. The van der Waals surface area contributed by atoms with Crippen molar-refractivity contribution in [3.8, 4) is 0 Å². The average Bonchev–Trinajstić information content (AvgIpc) is 2.37. The molecule has 1 heterocycles. The molecule has 1 aromatic rings. The maximum atomic E-state index is 11.4. The molecule has 1 aliphatic heterocycles. The Morgan fingerprint density at radius 3 is 2.94 bits per heavy atom. The standard InChI is InChI=1S/C14H14N2O2/c1-11(18)9-14-13-6-3-2-5-12(13)10-15-16(14)7-4-8-17/h2-8,10,14H,9H2,1H3. The van der Waals surface area contributed by atoms with Gasteiger partial charge in [0.05, 0.1) is 12.3 Å². The van der Waals surface area contributed by atoms with Gasteiger partial charge in [-0.05, 0) is 24.1 Å². The molecule has 4 nitrogen and oxygen atoms in total. The zero-order chi connectivity index (χ0) is 13.0. The number of allylic oxidation sites excluding steroid dienone is 1. The Morgan fingerprint density at radius 2 is 2.22 bits per heavy atom. The van der Waals surface area contributed by atoms with Crippen LogP contribution in [-0.2, 0) is 9.59 Å². The van der Waals surface area contributed by atoms with E-state index < -0.39 is 0 Å². The highest BCUT2D eigenvalue weighted by molar-refractivity contribution is 5.84. The molecule has 0 saturated carbocycles. The van der Waals surface area contributed by atoms with Gasteiger partial charge in [-0.25, -0.2) is 0 Å². The monoisotopic (exact) mass is 242 g/mol.